The van der Waals surface area contributed by atoms with Gasteiger partial charge >= 0.3 is 0 Å². The molecule has 0 atom stereocenters. The monoisotopic (exact) mass is 440 g/mol. The molecule has 6 nitrogen and oxygen atoms in total. The molecule has 0 radical (unpaired) electrons. The fraction of sp³-hybridized carbons (Fsp3) is 0.333. The SMILES string of the molecule is CCn1ncc(C(=O)c2cc(C)c(S(C)(=O)=O)c(C)c2C)c1OCc1ccc(C)cc1. The van der Waals surface area contributed by atoms with Crippen LogP contribution in [0.2, 0.25) is 0 Å². The van der Waals surface area contributed by atoms with E-state index in [4.69, 9.17) is 4.74 Å². The number of ether oxygens (including phenoxy) is 1. The average Bonchev–Trinajstić information content (AvgIpc) is 3.11. The lowest BCUT2D eigenvalue weighted by Crippen LogP contribution is -2.12. The number of hydrogen-bond donors (Lipinski definition) is 0. The van der Waals surface area contributed by atoms with Gasteiger partial charge in [-0.1, -0.05) is 29.8 Å². The zero-order valence-corrected chi connectivity index (χ0v) is 19.6. The Hall–Kier alpha value is -2.93. The van der Waals surface area contributed by atoms with Crippen LogP contribution in [0.4, 0.5) is 0 Å². The summed E-state index contributed by atoms with van der Waals surface area (Å²) in [6, 6.07) is 9.66. The highest BCUT2D eigenvalue weighted by molar-refractivity contribution is 7.90. The first-order valence-corrected chi connectivity index (χ1v) is 12.0. The van der Waals surface area contributed by atoms with E-state index in [2.05, 4.69) is 5.10 Å². The molecule has 0 fully saturated rings. The predicted octanol–water partition coefficient (Wildman–Crippen LogP) is 4.35. The van der Waals surface area contributed by atoms with Crippen molar-refractivity contribution in [1.29, 1.82) is 0 Å². The molecule has 31 heavy (non-hydrogen) atoms. The van der Waals surface area contributed by atoms with Crippen molar-refractivity contribution in [3.8, 4) is 5.88 Å². The molecule has 7 heteroatoms. The van der Waals surface area contributed by atoms with E-state index in [9.17, 15) is 13.2 Å². The van der Waals surface area contributed by atoms with Crippen LogP contribution in [-0.2, 0) is 23.0 Å². The van der Waals surface area contributed by atoms with Gasteiger partial charge in [-0.15, -0.1) is 0 Å². The molecule has 0 bridgehead atoms. The molecule has 3 aromatic rings. The lowest BCUT2D eigenvalue weighted by Gasteiger charge is -2.15. The maximum Gasteiger partial charge on any atom is 0.223 e. The number of carbonyl (C=O) groups is 1. The summed E-state index contributed by atoms with van der Waals surface area (Å²) in [5.41, 5.74) is 4.77. The summed E-state index contributed by atoms with van der Waals surface area (Å²) in [5, 5.41) is 4.31. The standard InChI is InChI=1S/C24H28N2O4S/c1-7-26-24(30-14-19-10-8-15(2)9-11-19)21(13-25-26)22(27)20-12-16(3)23(31(6,28)29)18(5)17(20)4/h8-13H,7,14H2,1-6H3. The maximum atomic E-state index is 13.5. The maximum absolute atomic E-state index is 13.5. The van der Waals surface area contributed by atoms with Crippen LogP contribution in [0.3, 0.4) is 0 Å². The van der Waals surface area contributed by atoms with Crippen molar-refractivity contribution in [3.05, 3.63) is 75.5 Å². The van der Waals surface area contributed by atoms with Crippen LogP contribution in [0.1, 0.15) is 50.7 Å². The Balaban J connectivity index is 2.01. The molecule has 0 amide bonds. The van der Waals surface area contributed by atoms with Gasteiger partial charge in [-0.3, -0.25) is 4.79 Å². The lowest BCUT2D eigenvalue weighted by atomic mass is 9.95. The molecule has 0 spiro atoms. The van der Waals surface area contributed by atoms with E-state index in [0.717, 1.165) is 11.1 Å². The van der Waals surface area contributed by atoms with Crippen LogP contribution in [-0.4, -0.2) is 30.2 Å². The number of aromatic nitrogens is 2. The van der Waals surface area contributed by atoms with Gasteiger partial charge in [0.1, 0.15) is 12.2 Å². The first kappa shape index (κ1) is 22.7. The molecule has 1 heterocycles. The van der Waals surface area contributed by atoms with E-state index >= 15 is 0 Å². The highest BCUT2D eigenvalue weighted by Gasteiger charge is 2.25. The molecule has 3 rings (SSSR count). The van der Waals surface area contributed by atoms with Crippen molar-refractivity contribution in [2.75, 3.05) is 6.26 Å². The average molecular weight is 441 g/mol. The number of sulfone groups is 1. The van der Waals surface area contributed by atoms with E-state index in [-0.39, 0.29) is 10.7 Å². The van der Waals surface area contributed by atoms with E-state index in [1.165, 1.54) is 12.5 Å². The molecule has 0 unspecified atom stereocenters. The van der Waals surface area contributed by atoms with Crippen molar-refractivity contribution in [1.82, 2.24) is 9.78 Å². The number of aryl methyl sites for hydroxylation is 3. The molecule has 0 N–H and O–H groups in total. The van der Waals surface area contributed by atoms with Crippen LogP contribution < -0.4 is 4.74 Å². The van der Waals surface area contributed by atoms with Crippen molar-refractivity contribution >= 4 is 15.6 Å². The zero-order chi connectivity index (χ0) is 22.9. The molecular formula is C24H28N2O4S. The quantitative estimate of drug-likeness (QED) is 0.511. The van der Waals surface area contributed by atoms with Crippen LogP contribution in [0, 0.1) is 27.7 Å². The van der Waals surface area contributed by atoms with E-state index in [1.807, 2.05) is 38.1 Å². The highest BCUT2D eigenvalue weighted by Crippen LogP contribution is 2.30. The summed E-state index contributed by atoms with van der Waals surface area (Å²) in [7, 11) is -3.40. The summed E-state index contributed by atoms with van der Waals surface area (Å²) < 4.78 is 32.1. The Morgan fingerprint density at radius 3 is 2.26 bits per heavy atom. The second-order valence-electron chi connectivity index (χ2n) is 7.87. The largest absolute Gasteiger partial charge is 0.472 e. The second-order valence-corrected chi connectivity index (χ2v) is 9.83. The van der Waals surface area contributed by atoms with Gasteiger partial charge in [-0.2, -0.15) is 5.10 Å². The Bertz CT molecular complexity index is 1240. The summed E-state index contributed by atoms with van der Waals surface area (Å²) in [6.45, 7) is 10.0. The Morgan fingerprint density at radius 2 is 1.68 bits per heavy atom. The lowest BCUT2D eigenvalue weighted by molar-refractivity contribution is 0.103. The summed E-state index contributed by atoms with van der Waals surface area (Å²) >= 11 is 0. The minimum atomic E-state index is -3.40. The third-order valence-electron chi connectivity index (χ3n) is 5.47. The molecule has 0 aliphatic carbocycles. The van der Waals surface area contributed by atoms with Crippen molar-refractivity contribution < 1.29 is 17.9 Å². The molecule has 0 aliphatic heterocycles. The minimum absolute atomic E-state index is 0.234. The van der Waals surface area contributed by atoms with Gasteiger partial charge in [0.25, 0.3) is 0 Å². The fourth-order valence-corrected chi connectivity index (χ4v) is 5.11. The molecule has 2 aromatic carbocycles. The summed E-state index contributed by atoms with van der Waals surface area (Å²) in [5.74, 6) is 0.178. The van der Waals surface area contributed by atoms with Gasteiger partial charge < -0.3 is 4.74 Å². The normalized spacial score (nSPS) is 11.5. The van der Waals surface area contributed by atoms with E-state index < -0.39 is 9.84 Å². The first-order valence-electron chi connectivity index (χ1n) is 10.1. The topological polar surface area (TPSA) is 78.3 Å². The van der Waals surface area contributed by atoms with Crippen LogP contribution in [0.5, 0.6) is 5.88 Å². The fourth-order valence-electron chi connectivity index (χ4n) is 3.75. The third-order valence-corrected chi connectivity index (χ3v) is 6.84. The zero-order valence-electron chi connectivity index (χ0n) is 18.8. The van der Waals surface area contributed by atoms with E-state index in [1.54, 1.807) is 31.5 Å². The second kappa shape index (κ2) is 8.67. The van der Waals surface area contributed by atoms with Gasteiger partial charge in [0.05, 0.1) is 11.1 Å². The van der Waals surface area contributed by atoms with Crippen LogP contribution in [0.15, 0.2) is 41.4 Å². The molecule has 0 saturated heterocycles. The predicted molar refractivity (Wildman–Crippen MR) is 121 cm³/mol. The number of nitrogens with zero attached hydrogens (tertiary/aromatic N) is 2. The molecule has 164 valence electrons. The van der Waals surface area contributed by atoms with Crippen LogP contribution >= 0.6 is 0 Å². The molecule has 0 aliphatic rings. The molecule has 0 saturated carbocycles. The first-order chi connectivity index (χ1) is 14.5. The van der Waals surface area contributed by atoms with E-state index in [0.29, 0.717) is 46.8 Å². The van der Waals surface area contributed by atoms with Gasteiger partial charge in [0.15, 0.2) is 15.6 Å². The Labute approximate surface area is 183 Å². The number of benzene rings is 2. The van der Waals surface area contributed by atoms with Crippen molar-refractivity contribution in [2.24, 2.45) is 0 Å². The number of ketones is 1. The van der Waals surface area contributed by atoms with Crippen molar-refractivity contribution in [3.63, 3.8) is 0 Å². The van der Waals surface area contributed by atoms with Crippen molar-refractivity contribution in [2.45, 2.75) is 52.7 Å². The number of carbonyl (C=O) groups excluding carboxylic acids is 1. The van der Waals surface area contributed by atoms with Gasteiger partial charge in [0.2, 0.25) is 5.88 Å². The smallest absolute Gasteiger partial charge is 0.223 e. The highest BCUT2D eigenvalue weighted by atomic mass is 32.2. The number of rotatable bonds is 7. The molecule has 1 aromatic heterocycles. The summed E-state index contributed by atoms with van der Waals surface area (Å²) in [4.78, 5) is 13.7. The number of hydrogen-bond acceptors (Lipinski definition) is 5. The Morgan fingerprint density at radius 1 is 1.03 bits per heavy atom. The molecular weight excluding hydrogens is 412 g/mol. The van der Waals surface area contributed by atoms with Gasteiger partial charge in [0, 0.05) is 18.4 Å². The Kier molecular flexibility index (Phi) is 6.36. The summed E-state index contributed by atoms with van der Waals surface area (Å²) in [6.07, 6.45) is 2.70. The van der Waals surface area contributed by atoms with Gasteiger partial charge in [-0.25, -0.2) is 13.1 Å². The van der Waals surface area contributed by atoms with Crippen LogP contribution in [0.25, 0.3) is 0 Å². The van der Waals surface area contributed by atoms with Gasteiger partial charge in [-0.05, 0) is 62.9 Å². The minimum Gasteiger partial charge on any atom is -0.472 e. The third kappa shape index (κ3) is 4.56.